The topological polar surface area (TPSA) is 45.2 Å². The molecule has 1 fully saturated rings. The third-order valence-electron chi connectivity index (χ3n) is 8.28. The smallest absolute Gasteiger partial charge is 0.157 e. The van der Waals surface area contributed by atoms with E-state index in [9.17, 15) is 5.11 Å². The van der Waals surface area contributed by atoms with Crippen molar-refractivity contribution in [3.05, 3.63) is 81.9 Å². The van der Waals surface area contributed by atoms with Crippen molar-refractivity contribution in [2.24, 2.45) is 0 Å². The Balaban J connectivity index is 1.53. The number of hydrogen-bond donors (Lipinski definition) is 1. The van der Waals surface area contributed by atoms with Gasteiger partial charge in [-0.2, -0.15) is 0 Å². The van der Waals surface area contributed by atoms with Crippen molar-refractivity contribution in [3.8, 4) is 11.5 Å². The number of aryl methyl sites for hydroxylation is 1. The molecule has 0 bridgehead atoms. The second kappa shape index (κ2) is 8.74. The number of fused-ring (bicyclic) bond motifs is 1. The molecule has 0 aliphatic carbocycles. The summed E-state index contributed by atoms with van der Waals surface area (Å²) >= 11 is 0. The maximum absolute atomic E-state index is 12.5. The van der Waals surface area contributed by atoms with Crippen LogP contribution in [-0.2, 0) is 5.60 Å². The Hall–Kier alpha value is -3.18. The molecule has 2 heterocycles. The van der Waals surface area contributed by atoms with Gasteiger partial charge in [-0.15, -0.1) is 0 Å². The summed E-state index contributed by atoms with van der Waals surface area (Å²) in [6, 6.07) is 16.5. The van der Waals surface area contributed by atoms with Gasteiger partial charge in [-0.1, -0.05) is 29.8 Å². The van der Waals surface area contributed by atoms with Gasteiger partial charge in [0.15, 0.2) is 5.60 Å². The maximum Gasteiger partial charge on any atom is 0.157 e. The number of methoxy groups -OCH3 is 1. The molecule has 1 N–H and O–H groups in total. The lowest BCUT2D eigenvalue weighted by Gasteiger charge is -2.40. The Kier molecular flexibility index (Phi) is 5.95. The van der Waals surface area contributed by atoms with Crippen LogP contribution < -0.4 is 19.3 Å². The monoisotopic (exact) mass is 486 g/mol. The number of anilines is 2. The summed E-state index contributed by atoms with van der Waals surface area (Å²) in [7, 11) is 1.70. The summed E-state index contributed by atoms with van der Waals surface area (Å²) in [5.41, 5.74) is 6.79. The minimum atomic E-state index is -1.24. The fourth-order valence-corrected chi connectivity index (χ4v) is 6.12. The van der Waals surface area contributed by atoms with E-state index in [0.29, 0.717) is 0 Å². The molecule has 0 amide bonds. The van der Waals surface area contributed by atoms with Crippen molar-refractivity contribution in [1.29, 1.82) is 0 Å². The number of nitrogens with zero attached hydrogens (tertiary/aromatic N) is 2. The lowest BCUT2D eigenvalue weighted by Crippen LogP contribution is -2.48. The van der Waals surface area contributed by atoms with Crippen LogP contribution in [0.15, 0.2) is 48.5 Å². The number of rotatable bonds is 4. The Labute approximate surface area is 215 Å². The molecule has 36 heavy (non-hydrogen) atoms. The summed E-state index contributed by atoms with van der Waals surface area (Å²) in [5, 5.41) is 12.5. The van der Waals surface area contributed by atoms with Gasteiger partial charge in [0.2, 0.25) is 0 Å². The van der Waals surface area contributed by atoms with E-state index in [1.165, 1.54) is 16.9 Å². The van der Waals surface area contributed by atoms with Gasteiger partial charge >= 0.3 is 0 Å². The van der Waals surface area contributed by atoms with E-state index in [4.69, 9.17) is 9.47 Å². The number of piperazine rings is 1. The van der Waals surface area contributed by atoms with E-state index in [2.05, 4.69) is 61.8 Å². The molecule has 5 heteroatoms. The Morgan fingerprint density at radius 2 is 1.47 bits per heavy atom. The van der Waals surface area contributed by atoms with Gasteiger partial charge in [0.25, 0.3) is 0 Å². The fraction of sp³-hybridized carbons (Fsp3) is 0.419. The number of ether oxygens (including phenoxy) is 2. The van der Waals surface area contributed by atoms with E-state index < -0.39 is 11.2 Å². The summed E-state index contributed by atoms with van der Waals surface area (Å²) in [6.45, 7) is 16.2. The predicted octanol–water partition coefficient (Wildman–Crippen LogP) is 5.66. The van der Waals surface area contributed by atoms with E-state index in [1.807, 2.05) is 38.1 Å². The first kappa shape index (κ1) is 24.5. The van der Waals surface area contributed by atoms with Crippen LogP contribution in [0, 0.1) is 27.7 Å². The first-order chi connectivity index (χ1) is 17.1. The lowest BCUT2D eigenvalue weighted by molar-refractivity contribution is -0.0645. The highest BCUT2D eigenvalue weighted by Crippen LogP contribution is 2.56. The quantitative estimate of drug-likeness (QED) is 0.515. The summed E-state index contributed by atoms with van der Waals surface area (Å²) in [5.74, 6) is 1.71. The van der Waals surface area contributed by atoms with Crippen LogP contribution in [0.1, 0.15) is 47.2 Å². The summed E-state index contributed by atoms with van der Waals surface area (Å²) in [4.78, 5) is 4.91. The van der Waals surface area contributed by atoms with Gasteiger partial charge in [0.1, 0.15) is 17.1 Å². The van der Waals surface area contributed by atoms with Crippen LogP contribution >= 0.6 is 0 Å². The number of benzene rings is 3. The van der Waals surface area contributed by atoms with Crippen LogP contribution in [0.5, 0.6) is 11.5 Å². The zero-order valence-corrected chi connectivity index (χ0v) is 22.6. The normalized spacial score (nSPS) is 20.8. The molecule has 0 aromatic heterocycles. The molecule has 0 saturated carbocycles. The van der Waals surface area contributed by atoms with Gasteiger partial charge in [0, 0.05) is 43.1 Å². The molecule has 190 valence electrons. The van der Waals surface area contributed by atoms with Crippen LogP contribution in [0.3, 0.4) is 0 Å². The molecule has 3 aromatic carbocycles. The van der Waals surface area contributed by atoms with Crippen LogP contribution in [0.25, 0.3) is 0 Å². The Morgan fingerprint density at radius 3 is 2.08 bits per heavy atom. The van der Waals surface area contributed by atoms with Gasteiger partial charge in [-0.05, 0) is 88.1 Å². The third kappa shape index (κ3) is 3.64. The highest BCUT2D eigenvalue weighted by molar-refractivity contribution is 5.73. The minimum absolute atomic E-state index is 0.795. The van der Waals surface area contributed by atoms with Crippen molar-refractivity contribution < 1.29 is 14.6 Å². The maximum atomic E-state index is 12.5. The van der Waals surface area contributed by atoms with Crippen molar-refractivity contribution in [1.82, 2.24) is 0 Å². The molecule has 2 aliphatic rings. The second-order valence-corrected chi connectivity index (χ2v) is 10.8. The van der Waals surface area contributed by atoms with E-state index in [0.717, 1.165) is 65.5 Å². The highest BCUT2D eigenvalue weighted by Gasteiger charge is 2.57. The molecule has 3 aromatic rings. The average molecular weight is 487 g/mol. The lowest BCUT2D eigenvalue weighted by atomic mass is 9.73. The van der Waals surface area contributed by atoms with E-state index in [1.54, 1.807) is 7.11 Å². The second-order valence-electron chi connectivity index (χ2n) is 10.8. The molecular formula is C31H38N2O3. The summed E-state index contributed by atoms with van der Waals surface area (Å²) in [6.07, 6.45) is 0. The zero-order valence-electron chi connectivity index (χ0n) is 22.6. The third-order valence-corrected chi connectivity index (χ3v) is 8.28. The number of hydrogen-bond acceptors (Lipinski definition) is 5. The van der Waals surface area contributed by atoms with Gasteiger partial charge in [-0.3, -0.25) is 0 Å². The number of aliphatic hydroxyl groups is 1. The van der Waals surface area contributed by atoms with Crippen molar-refractivity contribution in [2.75, 3.05) is 43.1 Å². The molecule has 5 nitrogen and oxygen atoms in total. The molecule has 5 rings (SSSR count). The average Bonchev–Trinajstić information content (AvgIpc) is 3.10. The van der Waals surface area contributed by atoms with E-state index >= 15 is 0 Å². The van der Waals surface area contributed by atoms with E-state index in [-0.39, 0.29) is 0 Å². The Morgan fingerprint density at radius 1 is 0.833 bits per heavy atom. The Bertz CT molecular complexity index is 1290. The largest absolute Gasteiger partial charge is 0.497 e. The predicted molar refractivity (Wildman–Crippen MR) is 147 cm³/mol. The van der Waals surface area contributed by atoms with Crippen molar-refractivity contribution in [2.45, 2.75) is 52.7 Å². The van der Waals surface area contributed by atoms with Crippen molar-refractivity contribution in [3.63, 3.8) is 0 Å². The van der Waals surface area contributed by atoms with Crippen LogP contribution in [-0.4, -0.2) is 44.0 Å². The van der Waals surface area contributed by atoms with Crippen LogP contribution in [0.4, 0.5) is 11.4 Å². The molecule has 1 atom stereocenters. The zero-order chi connectivity index (χ0) is 25.8. The SMILES string of the molecule is COc1ccc(N2CCN(c3c(C)c(C)c4c(c3C)C(O)(c3cccc(C)c3)C(C)(C)O4)CC2)cc1. The fourth-order valence-electron chi connectivity index (χ4n) is 6.12. The first-order valence-corrected chi connectivity index (χ1v) is 12.8. The van der Waals surface area contributed by atoms with Crippen molar-refractivity contribution >= 4 is 11.4 Å². The highest BCUT2D eigenvalue weighted by atomic mass is 16.5. The van der Waals surface area contributed by atoms with Gasteiger partial charge in [0.05, 0.1) is 7.11 Å². The molecular weight excluding hydrogens is 448 g/mol. The molecule has 0 radical (unpaired) electrons. The molecule has 1 unspecified atom stereocenters. The summed E-state index contributed by atoms with van der Waals surface area (Å²) < 4.78 is 11.9. The van der Waals surface area contributed by atoms with Gasteiger partial charge in [-0.25, -0.2) is 0 Å². The minimum Gasteiger partial charge on any atom is -0.497 e. The van der Waals surface area contributed by atoms with Crippen LogP contribution in [0.2, 0.25) is 0 Å². The molecule has 0 spiro atoms. The first-order valence-electron chi connectivity index (χ1n) is 12.8. The molecule has 1 saturated heterocycles. The standard InChI is InChI=1S/C31H38N2O3/c1-20-9-8-10-24(19-20)31(34)27-23(4)28(21(2)22(3)29(27)36-30(31,5)6)33-17-15-32(16-18-33)25-11-13-26(35-7)14-12-25/h8-14,19,34H,15-18H2,1-7H3. The molecule has 2 aliphatic heterocycles. The van der Waals surface area contributed by atoms with Gasteiger partial charge < -0.3 is 24.4 Å².